The summed E-state index contributed by atoms with van der Waals surface area (Å²) in [7, 11) is 0. The van der Waals surface area contributed by atoms with Gasteiger partial charge in [0.05, 0.1) is 17.8 Å². The molecule has 2 heterocycles. The zero-order valence-corrected chi connectivity index (χ0v) is 18.0. The number of fused-ring (bicyclic) bond motifs is 1. The van der Waals surface area contributed by atoms with Crippen LogP contribution >= 0.6 is 0 Å². The van der Waals surface area contributed by atoms with Crippen LogP contribution in [-0.2, 0) is 23.9 Å². The predicted octanol–water partition coefficient (Wildman–Crippen LogP) is 4.71. The molecule has 0 spiro atoms. The Morgan fingerprint density at radius 3 is 2.50 bits per heavy atom. The number of hydrogen-bond donors (Lipinski definition) is 2. The summed E-state index contributed by atoms with van der Waals surface area (Å²) in [6.45, 7) is 4.10. The van der Waals surface area contributed by atoms with Crippen molar-refractivity contribution in [2.45, 2.75) is 51.1 Å². The van der Waals surface area contributed by atoms with Crippen LogP contribution in [0.25, 0.3) is 0 Å². The van der Waals surface area contributed by atoms with E-state index in [1.807, 2.05) is 19.1 Å². The molecule has 2 aromatic carbocycles. The highest BCUT2D eigenvalue weighted by molar-refractivity contribution is 5.47. The normalized spacial score (nSPS) is 22.7. The second-order valence-electron chi connectivity index (χ2n) is 8.83. The highest BCUT2D eigenvalue weighted by Gasteiger charge is 2.36. The summed E-state index contributed by atoms with van der Waals surface area (Å²) in [5.74, 6) is -0.629. The molecule has 2 atom stereocenters. The van der Waals surface area contributed by atoms with E-state index in [9.17, 15) is 22.7 Å². The Morgan fingerprint density at radius 2 is 1.88 bits per heavy atom. The molecule has 0 bridgehead atoms. The quantitative estimate of drug-likeness (QED) is 0.660. The van der Waals surface area contributed by atoms with Gasteiger partial charge in [-0.2, -0.15) is 13.2 Å². The van der Waals surface area contributed by atoms with Gasteiger partial charge in [-0.05, 0) is 67.6 Å². The smallest absolute Gasteiger partial charge is 0.419 e. The number of phenols is 1. The number of likely N-dealkylation sites (tertiary alicyclic amines) is 1. The average Bonchev–Trinajstić information content (AvgIpc) is 2.75. The van der Waals surface area contributed by atoms with Crippen LogP contribution in [0.5, 0.6) is 5.75 Å². The van der Waals surface area contributed by atoms with Crippen LogP contribution in [0, 0.1) is 18.7 Å². The Bertz CT molecular complexity index is 971. The average molecular weight is 452 g/mol. The van der Waals surface area contributed by atoms with Gasteiger partial charge in [-0.25, -0.2) is 4.39 Å². The fraction of sp³-hybridized carbons (Fsp3) is 0.500. The summed E-state index contributed by atoms with van der Waals surface area (Å²) in [5.41, 5.74) is 7.93. The van der Waals surface area contributed by atoms with Crippen LogP contribution in [0.2, 0.25) is 0 Å². The number of hydrogen-bond acceptors (Lipinski definition) is 4. The van der Waals surface area contributed by atoms with Crippen LogP contribution in [0.4, 0.5) is 17.6 Å². The van der Waals surface area contributed by atoms with Crippen molar-refractivity contribution in [1.29, 1.82) is 0 Å². The lowest BCUT2D eigenvalue weighted by atomic mass is 9.83. The zero-order chi connectivity index (χ0) is 23.0. The highest BCUT2D eigenvalue weighted by atomic mass is 19.4. The maximum Gasteiger partial charge on any atom is 0.419 e. The minimum Gasteiger partial charge on any atom is -0.507 e. The largest absolute Gasteiger partial charge is 0.507 e. The van der Waals surface area contributed by atoms with Gasteiger partial charge in [0.15, 0.2) is 0 Å². The molecule has 8 heteroatoms. The van der Waals surface area contributed by atoms with Crippen molar-refractivity contribution < 1.29 is 27.4 Å². The van der Waals surface area contributed by atoms with Crippen molar-refractivity contribution in [1.82, 2.24) is 4.90 Å². The van der Waals surface area contributed by atoms with Gasteiger partial charge >= 0.3 is 6.18 Å². The molecule has 32 heavy (non-hydrogen) atoms. The van der Waals surface area contributed by atoms with Crippen LogP contribution < -0.4 is 5.73 Å². The number of piperidine rings is 1. The highest BCUT2D eigenvalue weighted by Crippen LogP contribution is 2.40. The SMILES string of the molecule is Cc1ccc2c(c1O)CC(C1CCN(Cc3ccc(C(F)(F)F)c(F)c3)CC1)OC2CN. The van der Waals surface area contributed by atoms with Gasteiger partial charge in [0.1, 0.15) is 11.6 Å². The summed E-state index contributed by atoms with van der Waals surface area (Å²) in [4.78, 5) is 2.12. The second kappa shape index (κ2) is 9.00. The molecule has 0 aromatic heterocycles. The van der Waals surface area contributed by atoms with E-state index < -0.39 is 17.6 Å². The third-order valence-electron chi connectivity index (χ3n) is 6.73. The van der Waals surface area contributed by atoms with Crippen LogP contribution in [0.3, 0.4) is 0 Å². The molecule has 0 aliphatic carbocycles. The van der Waals surface area contributed by atoms with Gasteiger partial charge < -0.3 is 15.6 Å². The van der Waals surface area contributed by atoms with Crippen LogP contribution in [0.15, 0.2) is 30.3 Å². The van der Waals surface area contributed by atoms with Gasteiger partial charge in [-0.1, -0.05) is 18.2 Å². The number of phenolic OH excluding ortho intramolecular Hbond substituents is 1. The van der Waals surface area contributed by atoms with Gasteiger partial charge in [-0.15, -0.1) is 0 Å². The van der Waals surface area contributed by atoms with Crippen LogP contribution in [0.1, 0.15) is 46.8 Å². The lowest BCUT2D eigenvalue weighted by Gasteiger charge is -2.40. The number of nitrogens with two attached hydrogens (primary N) is 1. The molecular weight excluding hydrogens is 424 g/mol. The summed E-state index contributed by atoms with van der Waals surface area (Å²) in [5, 5.41) is 10.6. The van der Waals surface area contributed by atoms with E-state index in [2.05, 4.69) is 4.90 Å². The maximum atomic E-state index is 13.9. The number of alkyl halides is 3. The molecule has 2 aromatic rings. The van der Waals surface area contributed by atoms with Crippen LogP contribution in [-0.4, -0.2) is 35.7 Å². The number of aromatic hydroxyl groups is 1. The van der Waals surface area contributed by atoms with Gasteiger partial charge in [-0.3, -0.25) is 4.90 Å². The summed E-state index contributed by atoms with van der Waals surface area (Å²) in [6, 6.07) is 6.99. The second-order valence-corrected chi connectivity index (χ2v) is 8.83. The number of ether oxygens (including phenoxy) is 1. The molecule has 0 saturated carbocycles. The molecule has 4 nitrogen and oxygen atoms in total. The van der Waals surface area contributed by atoms with E-state index in [-0.39, 0.29) is 18.1 Å². The molecule has 0 amide bonds. The van der Waals surface area contributed by atoms with Crippen molar-refractivity contribution in [3.8, 4) is 5.75 Å². The van der Waals surface area contributed by atoms with Gasteiger partial charge in [0, 0.05) is 25.1 Å². The first-order valence-electron chi connectivity index (χ1n) is 10.9. The Hall–Kier alpha value is -2.16. The number of nitrogens with zero attached hydrogens (tertiary/aromatic N) is 1. The molecule has 1 fully saturated rings. The van der Waals surface area contributed by atoms with E-state index >= 15 is 0 Å². The van der Waals surface area contributed by atoms with E-state index in [1.165, 1.54) is 6.07 Å². The van der Waals surface area contributed by atoms with Gasteiger partial charge in [0.25, 0.3) is 0 Å². The molecule has 2 unspecified atom stereocenters. The molecule has 2 aliphatic rings. The molecule has 174 valence electrons. The Balaban J connectivity index is 1.39. The predicted molar refractivity (Wildman–Crippen MR) is 113 cm³/mol. The molecule has 2 aliphatic heterocycles. The first kappa shape index (κ1) is 23.0. The summed E-state index contributed by atoms with van der Waals surface area (Å²) >= 11 is 0. The molecule has 4 rings (SSSR count). The van der Waals surface area contributed by atoms with Crippen molar-refractivity contribution in [3.05, 3.63) is 64.0 Å². The lowest BCUT2D eigenvalue weighted by molar-refractivity contribution is -0.140. The Morgan fingerprint density at radius 1 is 1.16 bits per heavy atom. The van der Waals surface area contributed by atoms with Gasteiger partial charge in [0.2, 0.25) is 0 Å². The van der Waals surface area contributed by atoms with E-state index in [1.54, 1.807) is 0 Å². The zero-order valence-electron chi connectivity index (χ0n) is 18.0. The fourth-order valence-electron chi connectivity index (χ4n) is 4.91. The molecule has 3 N–H and O–H groups in total. The van der Waals surface area contributed by atoms with Crippen molar-refractivity contribution in [2.24, 2.45) is 11.7 Å². The van der Waals surface area contributed by atoms with Crippen molar-refractivity contribution in [3.63, 3.8) is 0 Å². The lowest BCUT2D eigenvalue weighted by Crippen LogP contribution is -2.42. The number of halogens is 4. The van der Waals surface area contributed by atoms with Crippen molar-refractivity contribution >= 4 is 0 Å². The van der Waals surface area contributed by atoms with Crippen molar-refractivity contribution in [2.75, 3.05) is 19.6 Å². The standard InChI is InChI=1S/C24H28F4N2O2/c1-14-2-4-17-18(23(14)31)11-21(32-22(17)12-29)16-6-8-30(9-7-16)13-15-3-5-19(20(25)10-15)24(26,27)28/h2-5,10,16,21-22,31H,6-9,11-13,29H2,1H3. The molecule has 1 saturated heterocycles. The molecular formula is C24H28F4N2O2. The Kier molecular flexibility index (Phi) is 6.47. The third-order valence-corrected chi connectivity index (χ3v) is 6.73. The number of rotatable bonds is 4. The Labute approximate surface area is 185 Å². The minimum atomic E-state index is -4.69. The number of benzene rings is 2. The topological polar surface area (TPSA) is 58.7 Å². The summed E-state index contributed by atoms with van der Waals surface area (Å²) in [6.07, 6.45) is -2.64. The fourth-order valence-corrected chi connectivity index (χ4v) is 4.91. The van der Waals surface area contributed by atoms with E-state index in [0.717, 1.165) is 54.8 Å². The van der Waals surface area contributed by atoms with E-state index in [0.29, 0.717) is 30.8 Å². The maximum absolute atomic E-state index is 13.9. The first-order valence-corrected chi connectivity index (χ1v) is 10.9. The molecule has 0 radical (unpaired) electrons. The third kappa shape index (κ3) is 4.63. The summed E-state index contributed by atoms with van der Waals surface area (Å²) < 4.78 is 58.5. The monoisotopic (exact) mass is 452 g/mol. The number of aryl methyl sites for hydroxylation is 1. The minimum absolute atomic E-state index is 0.0468. The first-order chi connectivity index (χ1) is 15.2. The van der Waals surface area contributed by atoms with E-state index in [4.69, 9.17) is 10.5 Å².